The van der Waals surface area contributed by atoms with E-state index in [4.69, 9.17) is 5.11 Å². The minimum absolute atomic E-state index is 0.175. The largest absolute Gasteiger partial charge is 0.478 e. The maximum Gasteiger partial charge on any atom is 0.335 e. The van der Waals surface area contributed by atoms with Crippen LogP contribution in [0.5, 0.6) is 0 Å². The van der Waals surface area contributed by atoms with Gasteiger partial charge in [0, 0.05) is 30.7 Å². The molecule has 2 aliphatic heterocycles. The summed E-state index contributed by atoms with van der Waals surface area (Å²) in [6.45, 7) is 9.10. The molecule has 1 aromatic carbocycles. The fourth-order valence-electron chi connectivity index (χ4n) is 3.78. The molecule has 0 aliphatic carbocycles. The summed E-state index contributed by atoms with van der Waals surface area (Å²) >= 11 is 0. The van der Waals surface area contributed by atoms with Gasteiger partial charge in [-0.1, -0.05) is 6.92 Å². The van der Waals surface area contributed by atoms with Crippen molar-refractivity contribution in [2.75, 3.05) is 24.5 Å². The summed E-state index contributed by atoms with van der Waals surface area (Å²) in [5.74, 6) is -0.447. The lowest BCUT2D eigenvalue weighted by atomic mass is 9.73. The van der Waals surface area contributed by atoms with Gasteiger partial charge in [0.1, 0.15) is 0 Å². The third-order valence-electron chi connectivity index (χ3n) is 5.57. The lowest BCUT2D eigenvalue weighted by molar-refractivity contribution is -0.128. The molecular formula is C18H24N2O3. The number of hydrogen-bond acceptors (Lipinski definition) is 3. The van der Waals surface area contributed by atoms with Crippen molar-refractivity contribution in [2.45, 2.75) is 33.2 Å². The highest BCUT2D eigenvalue weighted by Crippen LogP contribution is 2.45. The Morgan fingerprint density at radius 1 is 1.26 bits per heavy atom. The van der Waals surface area contributed by atoms with E-state index in [-0.39, 0.29) is 16.9 Å². The monoisotopic (exact) mass is 316 g/mol. The summed E-state index contributed by atoms with van der Waals surface area (Å²) in [6, 6.07) is 7.11. The third-order valence-corrected chi connectivity index (χ3v) is 5.57. The molecule has 2 heterocycles. The molecule has 2 fully saturated rings. The second kappa shape index (κ2) is 5.64. The standard InChI is InChI=1S/C18H24N2O3/c1-12(2)19-9-8-18(3)14(10-19)11-20(17(18)23)15-6-4-13(5-7-15)16(21)22/h4-7,12,14H,8-11H2,1-3H3,(H,21,22)/t14-,18-/m0/s1. The quantitative estimate of drug-likeness (QED) is 0.930. The molecule has 5 heteroatoms. The van der Waals surface area contributed by atoms with Gasteiger partial charge in [-0.25, -0.2) is 4.79 Å². The van der Waals surface area contributed by atoms with Gasteiger partial charge in [-0.3, -0.25) is 4.79 Å². The molecule has 0 saturated carbocycles. The van der Waals surface area contributed by atoms with Crippen LogP contribution in [-0.4, -0.2) is 47.6 Å². The van der Waals surface area contributed by atoms with Crippen LogP contribution in [0.4, 0.5) is 5.69 Å². The normalized spacial score (nSPS) is 28.3. The van der Waals surface area contributed by atoms with Crippen LogP contribution in [0.2, 0.25) is 0 Å². The second-order valence-corrected chi connectivity index (χ2v) is 7.22. The van der Waals surface area contributed by atoms with Crippen LogP contribution in [0.3, 0.4) is 0 Å². The molecule has 124 valence electrons. The lowest BCUT2D eigenvalue weighted by Gasteiger charge is -2.41. The third kappa shape index (κ3) is 2.63. The molecule has 0 spiro atoms. The van der Waals surface area contributed by atoms with E-state index >= 15 is 0 Å². The Labute approximate surface area is 136 Å². The molecular weight excluding hydrogens is 292 g/mol. The van der Waals surface area contributed by atoms with Crippen LogP contribution in [-0.2, 0) is 4.79 Å². The number of amides is 1. The highest BCUT2D eigenvalue weighted by molar-refractivity contribution is 6.00. The van der Waals surface area contributed by atoms with Gasteiger partial charge in [0.2, 0.25) is 5.91 Å². The van der Waals surface area contributed by atoms with Crippen molar-refractivity contribution in [2.24, 2.45) is 11.3 Å². The minimum atomic E-state index is -0.947. The summed E-state index contributed by atoms with van der Waals surface area (Å²) < 4.78 is 0. The van der Waals surface area contributed by atoms with Gasteiger partial charge in [-0.15, -0.1) is 0 Å². The van der Waals surface area contributed by atoms with E-state index < -0.39 is 5.97 Å². The number of carboxylic acid groups (broad SMARTS) is 1. The van der Waals surface area contributed by atoms with Crippen molar-refractivity contribution in [1.29, 1.82) is 0 Å². The number of carbonyl (C=O) groups is 2. The zero-order valence-corrected chi connectivity index (χ0v) is 14.0. The van der Waals surface area contributed by atoms with Crippen molar-refractivity contribution >= 4 is 17.6 Å². The number of hydrogen-bond donors (Lipinski definition) is 1. The van der Waals surface area contributed by atoms with E-state index in [0.29, 0.717) is 18.5 Å². The van der Waals surface area contributed by atoms with Crippen molar-refractivity contribution in [3.8, 4) is 0 Å². The van der Waals surface area contributed by atoms with Crippen LogP contribution in [0.25, 0.3) is 0 Å². The maximum atomic E-state index is 12.9. The summed E-state index contributed by atoms with van der Waals surface area (Å²) in [6.07, 6.45) is 0.887. The van der Waals surface area contributed by atoms with Gasteiger partial charge in [0.25, 0.3) is 0 Å². The summed E-state index contributed by atoms with van der Waals surface area (Å²) in [5, 5.41) is 9.00. The van der Waals surface area contributed by atoms with Crippen molar-refractivity contribution in [3.05, 3.63) is 29.8 Å². The average Bonchev–Trinajstić information content (AvgIpc) is 2.78. The number of nitrogens with zero attached hydrogens (tertiary/aromatic N) is 2. The second-order valence-electron chi connectivity index (χ2n) is 7.22. The van der Waals surface area contributed by atoms with Crippen molar-refractivity contribution in [1.82, 2.24) is 4.90 Å². The Balaban J connectivity index is 1.83. The first-order chi connectivity index (χ1) is 10.8. The maximum absolute atomic E-state index is 12.9. The van der Waals surface area contributed by atoms with E-state index in [1.54, 1.807) is 24.3 Å². The van der Waals surface area contributed by atoms with Crippen LogP contribution >= 0.6 is 0 Å². The molecule has 0 bridgehead atoms. The molecule has 0 unspecified atom stereocenters. The molecule has 1 amide bonds. The molecule has 1 aromatic rings. The van der Waals surface area contributed by atoms with Gasteiger partial charge in [-0.05, 0) is 51.1 Å². The number of carbonyl (C=O) groups excluding carboxylic acids is 1. The topological polar surface area (TPSA) is 60.9 Å². The van der Waals surface area contributed by atoms with E-state index in [0.717, 1.165) is 25.2 Å². The molecule has 0 aromatic heterocycles. The van der Waals surface area contributed by atoms with Crippen LogP contribution in [0.15, 0.2) is 24.3 Å². The summed E-state index contributed by atoms with van der Waals surface area (Å²) in [7, 11) is 0. The van der Waals surface area contributed by atoms with Gasteiger partial charge < -0.3 is 14.9 Å². The number of benzene rings is 1. The highest BCUT2D eigenvalue weighted by Gasteiger charge is 2.53. The van der Waals surface area contributed by atoms with Crippen LogP contribution in [0.1, 0.15) is 37.6 Å². The highest BCUT2D eigenvalue weighted by atomic mass is 16.4. The fourth-order valence-corrected chi connectivity index (χ4v) is 3.78. The van der Waals surface area contributed by atoms with Crippen LogP contribution in [0, 0.1) is 11.3 Å². The van der Waals surface area contributed by atoms with Crippen LogP contribution < -0.4 is 4.90 Å². The Bertz CT molecular complexity index is 626. The number of aromatic carboxylic acids is 1. The number of piperidine rings is 1. The Kier molecular flexibility index (Phi) is 3.92. The fraction of sp³-hybridized carbons (Fsp3) is 0.556. The van der Waals surface area contributed by atoms with E-state index in [1.807, 2.05) is 4.90 Å². The average molecular weight is 316 g/mol. The minimum Gasteiger partial charge on any atom is -0.478 e. The van der Waals surface area contributed by atoms with E-state index in [9.17, 15) is 9.59 Å². The lowest BCUT2D eigenvalue weighted by Crippen LogP contribution is -2.49. The summed E-state index contributed by atoms with van der Waals surface area (Å²) in [5.41, 5.74) is 0.748. The molecule has 23 heavy (non-hydrogen) atoms. The molecule has 1 N–H and O–H groups in total. The first kappa shape index (κ1) is 16.0. The molecule has 2 atom stereocenters. The number of fused-ring (bicyclic) bond motifs is 1. The first-order valence-corrected chi connectivity index (χ1v) is 8.22. The Morgan fingerprint density at radius 3 is 2.48 bits per heavy atom. The Hall–Kier alpha value is -1.88. The van der Waals surface area contributed by atoms with Gasteiger partial charge in [0.15, 0.2) is 0 Å². The number of carboxylic acids is 1. The molecule has 3 rings (SSSR count). The first-order valence-electron chi connectivity index (χ1n) is 8.22. The Morgan fingerprint density at radius 2 is 1.91 bits per heavy atom. The van der Waals surface area contributed by atoms with Gasteiger partial charge in [-0.2, -0.15) is 0 Å². The predicted molar refractivity (Wildman–Crippen MR) is 88.7 cm³/mol. The molecule has 2 aliphatic rings. The van der Waals surface area contributed by atoms with E-state index in [1.165, 1.54) is 0 Å². The SMILES string of the molecule is CC(C)N1CC[C@]2(C)C(=O)N(c3ccc(C(=O)O)cc3)C[C@@H]2C1. The molecule has 2 saturated heterocycles. The smallest absolute Gasteiger partial charge is 0.335 e. The van der Waals surface area contributed by atoms with Crippen molar-refractivity contribution in [3.63, 3.8) is 0 Å². The molecule has 0 radical (unpaired) electrons. The molecule has 5 nitrogen and oxygen atoms in total. The number of likely N-dealkylation sites (tertiary alicyclic amines) is 1. The predicted octanol–water partition coefficient (Wildman–Crippen LogP) is 2.47. The van der Waals surface area contributed by atoms with Gasteiger partial charge in [0.05, 0.1) is 11.0 Å². The van der Waals surface area contributed by atoms with Crippen molar-refractivity contribution < 1.29 is 14.7 Å². The zero-order chi connectivity index (χ0) is 16.8. The number of rotatable bonds is 3. The van der Waals surface area contributed by atoms with E-state index in [2.05, 4.69) is 25.7 Å². The number of anilines is 1. The van der Waals surface area contributed by atoms with Gasteiger partial charge >= 0.3 is 5.97 Å². The zero-order valence-electron chi connectivity index (χ0n) is 14.0. The summed E-state index contributed by atoms with van der Waals surface area (Å²) in [4.78, 5) is 28.2.